The van der Waals surface area contributed by atoms with Gasteiger partial charge in [0, 0.05) is 24.6 Å². The summed E-state index contributed by atoms with van der Waals surface area (Å²) < 4.78 is 29.2. The van der Waals surface area contributed by atoms with Crippen LogP contribution >= 0.6 is 15.9 Å². The summed E-state index contributed by atoms with van der Waals surface area (Å²) >= 11 is 3.42. The molecule has 5 nitrogen and oxygen atoms in total. The van der Waals surface area contributed by atoms with Gasteiger partial charge in [0.15, 0.2) is 5.03 Å². The molecule has 1 rings (SSSR count). The lowest BCUT2D eigenvalue weighted by molar-refractivity contribution is 0.458. The van der Waals surface area contributed by atoms with Crippen LogP contribution in [0.1, 0.15) is 45.4 Å². The second kappa shape index (κ2) is 8.90. The average molecular weight is 380 g/mol. The molecule has 21 heavy (non-hydrogen) atoms. The van der Waals surface area contributed by atoms with E-state index in [-0.39, 0.29) is 5.03 Å². The molecule has 0 aliphatic heterocycles. The van der Waals surface area contributed by atoms with Gasteiger partial charge in [-0.1, -0.05) is 36.2 Å². The Bertz CT molecular complexity index is 522. The number of nitrogens with zero attached hydrogens (tertiary/aromatic N) is 2. The van der Waals surface area contributed by atoms with E-state index >= 15 is 0 Å². The van der Waals surface area contributed by atoms with Gasteiger partial charge < -0.3 is 4.57 Å². The lowest BCUT2D eigenvalue weighted by Gasteiger charge is -2.15. The van der Waals surface area contributed by atoms with E-state index in [9.17, 15) is 8.42 Å². The Labute approximate surface area is 136 Å². The highest BCUT2D eigenvalue weighted by Gasteiger charge is 2.20. The summed E-state index contributed by atoms with van der Waals surface area (Å²) in [5, 5.41) is 1.02. The van der Waals surface area contributed by atoms with Crippen molar-refractivity contribution < 1.29 is 8.42 Å². The molecule has 0 aliphatic rings. The van der Waals surface area contributed by atoms with Gasteiger partial charge in [0.05, 0.1) is 0 Å². The quantitative estimate of drug-likeness (QED) is 0.635. The number of nitrogens with one attached hydrogen (secondary N) is 1. The molecule has 0 aromatic carbocycles. The van der Waals surface area contributed by atoms with Crippen molar-refractivity contribution >= 4 is 26.0 Å². The van der Waals surface area contributed by atoms with Crippen molar-refractivity contribution in [1.29, 1.82) is 0 Å². The van der Waals surface area contributed by atoms with Gasteiger partial charge in [-0.25, -0.2) is 18.1 Å². The number of aryl methyl sites for hydroxylation is 2. The van der Waals surface area contributed by atoms with E-state index in [1.165, 1.54) is 0 Å². The molecule has 1 unspecified atom stereocenters. The summed E-state index contributed by atoms with van der Waals surface area (Å²) in [6.45, 7) is 7.27. The highest BCUT2D eigenvalue weighted by atomic mass is 79.9. The van der Waals surface area contributed by atoms with Crippen LogP contribution in [0.3, 0.4) is 0 Å². The number of sulfonamides is 1. The number of rotatable bonds is 10. The summed E-state index contributed by atoms with van der Waals surface area (Å²) in [5.74, 6) is 1.10. The molecule has 0 bridgehead atoms. The molecule has 0 spiro atoms. The van der Waals surface area contributed by atoms with Gasteiger partial charge >= 0.3 is 0 Å². The number of hydrogen-bond acceptors (Lipinski definition) is 3. The molecule has 7 heteroatoms. The molecular weight excluding hydrogens is 354 g/mol. The first-order valence-electron chi connectivity index (χ1n) is 7.54. The summed E-state index contributed by atoms with van der Waals surface area (Å²) in [4.78, 5) is 4.17. The third-order valence-corrected chi connectivity index (χ3v) is 5.22. The molecule has 1 aromatic heterocycles. The molecule has 122 valence electrons. The van der Waals surface area contributed by atoms with E-state index in [1.54, 1.807) is 6.20 Å². The number of imidazole rings is 1. The van der Waals surface area contributed by atoms with Crippen molar-refractivity contribution in [3.63, 3.8) is 0 Å². The van der Waals surface area contributed by atoms with Gasteiger partial charge in [-0.3, -0.25) is 0 Å². The zero-order valence-electron chi connectivity index (χ0n) is 13.1. The molecule has 0 fully saturated rings. The normalized spacial score (nSPS) is 13.5. The first kappa shape index (κ1) is 18.6. The predicted octanol–water partition coefficient (Wildman–Crippen LogP) is 3.08. The fourth-order valence-corrected chi connectivity index (χ4v) is 4.06. The minimum atomic E-state index is -3.51. The van der Waals surface area contributed by atoms with E-state index in [1.807, 2.05) is 11.5 Å². The van der Waals surface area contributed by atoms with Crippen LogP contribution in [0.4, 0.5) is 0 Å². The van der Waals surface area contributed by atoms with E-state index in [4.69, 9.17) is 0 Å². The lowest BCUT2D eigenvalue weighted by atomic mass is 10.0. The fraction of sp³-hybridized carbons (Fsp3) is 0.786. The maximum atomic E-state index is 12.3. The number of aromatic nitrogens is 2. The maximum absolute atomic E-state index is 12.3. The smallest absolute Gasteiger partial charge is 0.259 e. The van der Waals surface area contributed by atoms with Gasteiger partial charge in [0.25, 0.3) is 10.0 Å². The van der Waals surface area contributed by atoms with Gasteiger partial charge in [-0.15, -0.1) is 0 Å². The second-order valence-electron chi connectivity index (χ2n) is 5.30. The van der Waals surface area contributed by atoms with Crippen LogP contribution in [0, 0.1) is 12.8 Å². The van der Waals surface area contributed by atoms with E-state index < -0.39 is 10.0 Å². The standard InChI is InChI=1S/C14H26BrN3O2S/c1-4-6-13(7-8-15)10-16-21(19,20)14-11-18(9-5-2)12(3)17-14/h11,13,16H,4-10H2,1-3H3. The summed E-state index contributed by atoms with van der Waals surface area (Å²) in [6.07, 6.45) is 5.63. The first-order chi connectivity index (χ1) is 9.94. The summed E-state index contributed by atoms with van der Waals surface area (Å²) in [7, 11) is -3.51. The SMILES string of the molecule is CCCC(CCBr)CNS(=O)(=O)c1cn(CCC)c(C)n1. The highest BCUT2D eigenvalue weighted by Crippen LogP contribution is 2.14. The Morgan fingerprint density at radius 2 is 2.05 bits per heavy atom. The third kappa shape index (κ3) is 5.71. The van der Waals surface area contributed by atoms with Crippen molar-refractivity contribution in [2.75, 3.05) is 11.9 Å². The monoisotopic (exact) mass is 379 g/mol. The van der Waals surface area contributed by atoms with Crippen LogP contribution < -0.4 is 4.72 Å². The van der Waals surface area contributed by atoms with Crippen LogP contribution in [-0.2, 0) is 16.6 Å². The molecule has 0 radical (unpaired) electrons. The maximum Gasteiger partial charge on any atom is 0.259 e. The van der Waals surface area contributed by atoms with Gasteiger partial charge in [-0.05, 0) is 32.1 Å². The average Bonchev–Trinajstić information content (AvgIpc) is 2.80. The molecule has 0 amide bonds. The fourth-order valence-electron chi connectivity index (χ4n) is 2.29. The zero-order valence-corrected chi connectivity index (χ0v) is 15.5. The minimum Gasteiger partial charge on any atom is -0.334 e. The Morgan fingerprint density at radius 3 is 2.62 bits per heavy atom. The van der Waals surface area contributed by atoms with Gasteiger partial charge in [-0.2, -0.15) is 0 Å². The molecule has 1 N–H and O–H groups in total. The molecular formula is C14H26BrN3O2S. The second-order valence-corrected chi connectivity index (χ2v) is 7.81. The van der Waals surface area contributed by atoms with Crippen LogP contribution in [0.5, 0.6) is 0 Å². The van der Waals surface area contributed by atoms with Crippen LogP contribution in [-0.4, -0.2) is 29.8 Å². The van der Waals surface area contributed by atoms with Crippen molar-refractivity contribution in [1.82, 2.24) is 14.3 Å². The molecule has 1 aromatic rings. The van der Waals surface area contributed by atoms with Crippen molar-refractivity contribution in [3.05, 3.63) is 12.0 Å². The molecule has 0 aliphatic carbocycles. The van der Waals surface area contributed by atoms with Crippen molar-refractivity contribution in [2.45, 2.75) is 58.0 Å². The Balaban J connectivity index is 2.74. The zero-order chi connectivity index (χ0) is 15.9. The molecule has 1 atom stereocenters. The minimum absolute atomic E-state index is 0.127. The van der Waals surface area contributed by atoms with E-state index in [0.29, 0.717) is 12.5 Å². The van der Waals surface area contributed by atoms with Crippen LogP contribution in [0.15, 0.2) is 11.2 Å². The highest BCUT2D eigenvalue weighted by molar-refractivity contribution is 9.09. The van der Waals surface area contributed by atoms with Crippen LogP contribution in [0.25, 0.3) is 0 Å². The number of alkyl halides is 1. The Kier molecular flexibility index (Phi) is 7.90. The van der Waals surface area contributed by atoms with Gasteiger partial charge in [0.2, 0.25) is 0 Å². The molecule has 0 saturated carbocycles. The number of halogens is 1. The molecule has 1 heterocycles. The van der Waals surface area contributed by atoms with Crippen molar-refractivity contribution in [2.24, 2.45) is 5.92 Å². The lowest BCUT2D eigenvalue weighted by Crippen LogP contribution is -2.30. The van der Waals surface area contributed by atoms with Crippen LogP contribution in [0.2, 0.25) is 0 Å². The van der Waals surface area contributed by atoms with E-state index in [2.05, 4.69) is 39.5 Å². The third-order valence-electron chi connectivity index (χ3n) is 3.47. The first-order valence-corrected chi connectivity index (χ1v) is 10.1. The summed E-state index contributed by atoms with van der Waals surface area (Å²) in [5.41, 5.74) is 0. The topological polar surface area (TPSA) is 64.0 Å². The Morgan fingerprint density at radius 1 is 1.33 bits per heavy atom. The van der Waals surface area contributed by atoms with E-state index in [0.717, 1.165) is 43.4 Å². The van der Waals surface area contributed by atoms with Gasteiger partial charge in [0.1, 0.15) is 5.82 Å². The summed E-state index contributed by atoms with van der Waals surface area (Å²) in [6, 6.07) is 0. The molecule has 0 saturated heterocycles. The predicted molar refractivity (Wildman–Crippen MR) is 89.3 cm³/mol. The largest absolute Gasteiger partial charge is 0.334 e. The van der Waals surface area contributed by atoms with Crippen molar-refractivity contribution in [3.8, 4) is 0 Å². The number of hydrogen-bond donors (Lipinski definition) is 1. The Hall–Kier alpha value is -0.400.